The van der Waals surface area contributed by atoms with E-state index in [2.05, 4.69) is 0 Å². The van der Waals surface area contributed by atoms with E-state index in [1.165, 1.54) is 19.9 Å². The van der Waals surface area contributed by atoms with Crippen molar-refractivity contribution in [2.45, 2.75) is 64.7 Å². The highest BCUT2D eigenvalue weighted by Crippen LogP contribution is 2.41. The first-order valence-electron chi connectivity index (χ1n) is 9.87. The summed E-state index contributed by atoms with van der Waals surface area (Å²) in [4.78, 5) is 36.9. The molecule has 156 valence electrons. The Morgan fingerprint density at radius 2 is 2.00 bits per heavy atom. The molecule has 0 saturated carbocycles. The van der Waals surface area contributed by atoms with Gasteiger partial charge >= 0.3 is 17.9 Å². The number of hydroxylamine groups is 3. The second-order valence-electron chi connectivity index (χ2n) is 8.60. The smallest absolute Gasteiger partial charge is 0.350 e. The Hall–Kier alpha value is -1.93. The van der Waals surface area contributed by atoms with Crippen molar-refractivity contribution in [1.82, 2.24) is 0 Å². The molecule has 3 heterocycles. The van der Waals surface area contributed by atoms with Crippen LogP contribution in [-0.2, 0) is 28.6 Å². The van der Waals surface area contributed by atoms with Gasteiger partial charge in [0, 0.05) is 31.8 Å². The number of ether oxygens (including phenoxy) is 3. The second kappa shape index (κ2) is 7.48. The third-order valence-electron chi connectivity index (χ3n) is 6.47. The number of hydrogen-bond acceptors (Lipinski definition) is 7. The SMILES string of the molecule is CC(=O)O[C@@]1(C)C(=O)OC[C@H]2CC[N+]3([O-])CC[C@@H](OC(=O)/C=C(/C)C[C@H]1C)[C@@H]23. The summed E-state index contributed by atoms with van der Waals surface area (Å²) < 4.78 is 16.2. The van der Waals surface area contributed by atoms with Crippen molar-refractivity contribution >= 4 is 17.9 Å². The number of carbonyl (C=O) groups is 3. The monoisotopic (exact) mass is 395 g/mol. The van der Waals surface area contributed by atoms with Crippen LogP contribution in [0, 0.1) is 17.0 Å². The Morgan fingerprint density at radius 1 is 1.32 bits per heavy atom. The average Bonchev–Trinajstić information content (AvgIpc) is 3.07. The van der Waals surface area contributed by atoms with Crippen LogP contribution < -0.4 is 0 Å². The van der Waals surface area contributed by atoms with Crippen LogP contribution in [0.4, 0.5) is 0 Å². The van der Waals surface area contributed by atoms with Crippen LogP contribution in [0.15, 0.2) is 11.6 Å². The number of allylic oxidation sites excluding steroid dienone is 1. The number of rotatable bonds is 1. The Kier molecular flexibility index (Phi) is 5.55. The lowest BCUT2D eigenvalue weighted by Crippen LogP contribution is -2.49. The van der Waals surface area contributed by atoms with Crippen molar-refractivity contribution in [2.24, 2.45) is 11.8 Å². The van der Waals surface area contributed by atoms with Crippen LogP contribution in [0.3, 0.4) is 0 Å². The number of nitrogens with zero attached hydrogens (tertiary/aromatic N) is 1. The van der Waals surface area contributed by atoms with Gasteiger partial charge in [-0.1, -0.05) is 12.5 Å². The summed E-state index contributed by atoms with van der Waals surface area (Å²) >= 11 is 0. The number of hydrogen-bond donors (Lipinski definition) is 0. The molecule has 3 rings (SSSR count). The largest absolute Gasteiger partial charge is 0.632 e. The lowest BCUT2D eigenvalue weighted by Gasteiger charge is -2.40. The number of quaternary nitrogens is 1. The molecular weight excluding hydrogens is 366 g/mol. The maximum absolute atomic E-state index is 13.1. The highest BCUT2D eigenvalue weighted by molar-refractivity contribution is 5.84. The minimum atomic E-state index is -1.48. The van der Waals surface area contributed by atoms with E-state index in [0.29, 0.717) is 37.9 Å². The molecule has 6 atom stereocenters. The standard InChI is InChI=1S/C20H29NO7/c1-12-9-13(2)20(4,28-14(3)22)19(24)26-11-15-5-7-21(25)8-6-16(18(15)21)27-17(23)10-12/h10,13,15-16,18H,5-9,11H2,1-4H3/b12-10-/t13-,15-,16-,18-,20-,21?/m1/s1. The summed E-state index contributed by atoms with van der Waals surface area (Å²) in [6, 6.07) is -0.427. The van der Waals surface area contributed by atoms with Crippen molar-refractivity contribution in [2.75, 3.05) is 19.7 Å². The van der Waals surface area contributed by atoms with Gasteiger partial charge in [-0.25, -0.2) is 9.59 Å². The summed E-state index contributed by atoms with van der Waals surface area (Å²) in [5, 5.41) is 13.1. The first-order valence-corrected chi connectivity index (χ1v) is 9.87. The molecule has 0 radical (unpaired) electrons. The van der Waals surface area contributed by atoms with E-state index < -0.39 is 46.2 Å². The second-order valence-corrected chi connectivity index (χ2v) is 8.60. The fourth-order valence-electron chi connectivity index (χ4n) is 4.87. The van der Waals surface area contributed by atoms with E-state index in [1.807, 2.05) is 0 Å². The van der Waals surface area contributed by atoms with Gasteiger partial charge in [-0.2, -0.15) is 0 Å². The minimum Gasteiger partial charge on any atom is -0.632 e. The Balaban J connectivity index is 1.93. The normalized spacial score (nSPS) is 43.4. The fraction of sp³-hybridized carbons (Fsp3) is 0.750. The Labute approximate surface area is 165 Å². The highest BCUT2D eigenvalue weighted by atomic mass is 16.6. The molecule has 8 heteroatoms. The van der Waals surface area contributed by atoms with Crippen molar-refractivity contribution in [3.05, 3.63) is 16.9 Å². The number of carbonyl (C=O) groups excluding carboxylic acids is 3. The van der Waals surface area contributed by atoms with E-state index >= 15 is 0 Å². The topological polar surface area (TPSA) is 102 Å². The van der Waals surface area contributed by atoms with Gasteiger partial charge in [0.1, 0.15) is 12.6 Å². The van der Waals surface area contributed by atoms with Gasteiger partial charge in [0.25, 0.3) is 0 Å². The molecule has 2 saturated heterocycles. The van der Waals surface area contributed by atoms with Crippen molar-refractivity contribution in [1.29, 1.82) is 0 Å². The van der Waals surface area contributed by atoms with Gasteiger partial charge in [0.05, 0.1) is 19.0 Å². The first-order chi connectivity index (χ1) is 13.0. The molecule has 0 aliphatic carbocycles. The van der Waals surface area contributed by atoms with Crippen LogP contribution in [0.1, 0.15) is 47.0 Å². The van der Waals surface area contributed by atoms with Crippen LogP contribution in [-0.4, -0.2) is 60.0 Å². The van der Waals surface area contributed by atoms with Crippen LogP contribution in [0.2, 0.25) is 0 Å². The van der Waals surface area contributed by atoms with E-state index in [-0.39, 0.29) is 12.5 Å². The van der Waals surface area contributed by atoms with E-state index in [1.54, 1.807) is 13.8 Å². The van der Waals surface area contributed by atoms with Gasteiger partial charge in [-0.3, -0.25) is 4.79 Å². The van der Waals surface area contributed by atoms with Gasteiger partial charge in [-0.05, 0) is 20.3 Å². The predicted octanol–water partition coefficient (Wildman–Crippen LogP) is 1.86. The first kappa shape index (κ1) is 20.8. The van der Waals surface area contributed by atoms with E-state index in [0.717, 1.165) is 0 Å². The van der Waals surface area contributed by atoms with Gasteiger partial charge in [0.2, 0.25) is 5.60 Å². The van der Waals surface area contributed by atoms with Crippen LogP contribution in [0.5, 0.6) is 0 Å². The van der Waals surface area contributed by atoms with Gasteiger partial charge in [0.15, 0.2) is 6.10 Å². The molecule has 0 spiro atoms. The highest BCUT2D eigenvalue weighted by Gasteiger charge is 2.54. The zero-order chi connectivity index (χ0) is 20.7. The van der Waals surface area contributed by atoms with Gasteiger partial charge in [-0.15, -0.1) is 0 Å². The molecule has 0 amide bonds. The summed E-state index contributed by atoms with van der Waals surface area (Å²) in [5.74, 6) is -2.28. The Bertz CT molecular complexity index is 705. The number of cyclic esters (lactones) is 1. The molecule has 0 bridgehead atoms. The molecular formula is C20H29NO7. The van der Waals surface area contributed by atoms with Crippen molar-refractivity contribution < 1.29 is 33.2 Å². The third-order valence-corrected chi connectivity index (χ3v) is 6.47. The molecule has 3 aliphatic rings. The lowest BCUT2D eigenvalue weighted by molar-refractivity contribution is -0.882. The summed E-state index contributed by atoms with van der Waals surface area (Å²) in [6.07, 6.45) is 2.39. The molecule has 0 N–H and O–H groups in total. The quantitative estimate of drug-likeness (QED) is 0.289. The zero-order valence-corrected chi connectivity index (χ0v) is 16.9. The van der Waals surface area contributed by atoms with Crippen LogP contribution in [0.25, 0.3) is 0 Å². The molecule has 0 aromatic heterocycles. The minimum absolute atomic E-state index is 0.0514. The number of esters is 3. The van der Waals surface area contributed by atoms with Crippen molar-refractivity contribution in [3.63, 3.8) is 0 Å². The molecule has 8 nitrogen and oxygen atoms in total. The summed E-state index contributed by atoms with van der Waals surface area (Å²) in [6.45, 7) is 7.19. The molecule has 1 unspecified atom stereocenters. The summed E-state index contributed by atoms with van der Waals surface area (Å²) in [5.41, 5.74) is -0.775. The molecule has 28 heavy (non-hydrogen) atoms. The van der Waals surface area contributed by atoms with Crippen molar-refractivity contribution in [3.8, 4) is 0 Å². The van der Waals surface area contributed by atoms with E-state index in [4.69, 9.17) is 14.2 Å². The molecule has 0 aromatic rings. The fourth-order valence-corrected chi connectivity index (χ4v) is 4.87. The predicted molar refractivity (Wildman–Crippen MR) is 98.4 cm³/mol. The average molecular weight is 395 g/mol. The molecule has 3 aliphatic heterocycles. The van der Waals surface area contributed by atoms with Gasteiger partial charge < -0.3 is 24.1 Å². The Morgan fingerprint density at radius 3 is 2.68 bits per heavy atom. The third kappa shape index (κ3) is 3.80. The maximum atomic E-state index is 13.1. The summed E-state index contributed by atoms with van der Waals surface area (Å²) in [7, 11) is 0. The molecule has 0 aromatic carbocycles. The zero-order valence-electron chi connectivity index (χ0n) is 16.9. The molecule has 2 fully saturated rings. The van der Waals surface area contributed by atoms with Crippen LogP contribution >= 0.6 is 0 Å². The lowest BCUT2D eigenvalue weighted by atomic mass is 9.85. The maximum Gasteiger partial charge on any atom is 0.350 e. The van der Waals surface area contributed by atoms with E-state index in [9.17, 15) is 19.6 Å².